The van der Waals surface area contributed by atoms with Gasteiger partial charge < -0.3 is 10.6 Å². The summed E-state index contributed by atoms with van der Waals surface area (Å²) >= 11 is 0. The summed E-state index contributed by atoms with van der Waals surface area (Å²) in [6.45, 7) is 1.81. The van der Waals surface area contributed by atoms with Gasteiger partial charge in [-0.25, -0.2) is 4.68 Å². The first kappa shape index (κ1) is 18.1. The average molecular weight is 369 g/mol. The molecule has 7 heteroatoms. The maximum atomic E-state index is 11.6. The Morgan fingerprint density at radius 1 is 1.07 bits per heavy atom. The number of carbonyl (C=O) groups is 1. The van der Waals surface area contributed by atoms with Gasteiger partial charge in [0, 0.05) is 24.3 Å². The van der Waals surface area contributed by atoms with Crippen LogP contribution in [-0.2, 0) is 4.79 Å². The largest absolute Gasteiger partial charge is 0.369 e. The Morgan fingerprint density at radius 2 is 1.78 bits per heavy atom. The van der Waals surface area contributed by atoms with Gasteiger partial charge in [-0.05, 0) is 23.3 Å². The zero-order valence-corrected chi connectivity index (χ0v) is 15.8. The zero-order chi connectivity index (χ0) is 18.6. The monoisotopic (exact) mass is 369 g/mol. The first-order valence-electron chi connectivity index (χ1n) is 10.2. The standard InChI is InChI=1S/C20H28N6O/c21-19(27)16-11-13-25(14-12-16)18(15-7-3-1-4-8-15)20-22-23-24-26(20)17-9-5-2-6-10-17/h1,3-4,7-8,16-18H,2,5-6,9-14H2,(H2,21,27)/p+1/t18-/m0/s1. The van der Waals surface area contributed by atoms with Gasteiger partial charge >= 0.3 is 0 Å². The van der Waals surface area contributed by atoms with Crippen LogP contribution in [-0.4, -0.2) is 39.2 Å². The van der Waals surface area contributed by atoms with E-state index in [1.165, 1.54) is 29.7 Å². The molecule has 1 saturated heterocycles. The molecule has 0 radical (unpaired) electrons. The molecule has 3 N–H and O–H groups in total. The van der Waals surface area contributed by atoms with Crippen LogP contribution in [0.1, 0.15) is 68.4 Å². The number of piperidine rings is 1. The smallest absolute Gasteiger partial charge is 0.220 e. The second-order valence-electron chi connectivity index (χ2n) is 7.95. The van der Waals surface area contributed by atoms with E-state index in [-0.39, 0.29) is 17.9 Å². The molecule has 2 aromatic rings. The SMILES string of the molecule is NC(=O)C1CC[NH+]([C@@H](c2ccccc2)c2nnnn2C2CCCCC2)CC1. The number of rotatable bonds is 5. The Hall–Kier alpha value is -2.28. The number of amides is 1. The predicted molar refractivity (Wildman–Crippen MR) is 101 cm³/mol. The van der Waals surface area contributed by atoms with Crippen molar-refractivity contribution >= 4 is 5.91 Å². The van der Waals surface area contributed by atoms with Crippen LogP contribution >= 0.6 is 0 Å². The van der Waals surface area contributed by atoms with Crippen molar-refractivity contribution < 1.29 is 9.69 Å². The second kappa shape index (κ2) is 8.17. The molecule has 1 saturated carbocycles. The summed E-state index contributed by atoms with van der Waals surface area (Å²) in [5.74, 6) is 0.789. The van der Waals surface area contributed by atoms with Crippen molar-refractivity contribution in [3.63, 3.8) is 0 Å². The molecule has 2 heterocycles. The molecule has 0 unspecified atom stereocenters. The third-order valence-corrected chi connectivity index (χ3v) is 6.27. The van der Waals surface area contributed by atoms with E-state index in [0.29, 0.717) is 6.04 Å². The van der Waals surface area contributed by atoms with E-state index in [1.807, 2.05) is 6.07 Å². The summed E-state index contributed by atoms with van der Waals surface area (Å²) in [5.41, 5.74) is 6.76. The number of aromatic nitrogens is 4. The minimum Gasteiger partial charge on any atom is -0.369 e. The van der Waals surface area contributed by atoms with Gasteiger partial charge in [-0.1, -0.05) is 49.6 Å². The minimum absolute atomic E-state index is 0.000451. The summed E-state index contributed by atoms with van der Waals surface area (Å²) in [6.07, 6.45) is 7.77. The molecule has 1 aliphatic carbocycles. The predicted octanol–water partition coefficient (Wildman–Crippen LogP) is 1.05. The number of primary amides is 1. The highest BCUT2D eigenvalue weighted by atomic mass is 16.1. The summed E-state index contributed by atoms with van der Waals surface area (Å²) in [6, 6.07) is 11.0. The highest BCUT2D eigenvalue weighted by molar-refractivity contribution is 5.76. The molecule has 1 aliphatic heterocycles. The number of likely N-dealkylation sites (tertiary alicyclic amines) is 1. The molecule has 0 bridgehead atoms. The molecule has 27 heavy (non-hydrogen) atoms. The first-order valence-corrected chi connectivity index (χ1v) is 10.2. The molecule has 2 fully saturated rings. The van der Waals surface area contributed by atoms with Crippen LogP contribution in [0.15, 0.2) is 30.3 Å². The van der Waals surface area contributed by atoms with E-state index >= 15 is 0 Å². The van der Waals surface area contributed by atoms with Gasteiger partial charge in [0.05, 0.1) is 19.1 Å². The zero-order valence-electron chi connectivity index (χ0n) is 15.8. The molecular weight excluding hydrogens is 340 g/mol. The molecule has 144 valence electrons. The molecule has 2 aliphatic rings. The second-order valence-corrected chi connectivity index (χ2v) is 7.95. The maximum absolute atomic E-state index is 11.6. The van der Waals surface area contributed by atoms with E-state index in [9.17, 15) is 4.79 Å². The van der Waals surface area contributed by atoms with Crippen LogP contribution in [0.5, 0.6) is 0 Å². The first-order chi connectivity index (χ1) is 13.2. The summed E-state index contributed by atoms with van der Waals surface area (Å²) in [5, 5.41) is 12.9. The Labute approximate surface area is 159 Å². The summed E-state index contributed by atoms with van der Waals surface area (Å²) in [7, 11) is 0. The van der Waals surface area contributed by atoms with Gasteiger partial charge in [-0.15, -0.1) is 5.10 Å². The number of benzene rings is 1. The fourth-order valence-electron chi connectivity index (χ4n) is 4.75. The molecular formula is C20H29N6O+. The number of tetrazole rings is 1. The number of nitrogens with one attached hydrogen (secondary N) is 1. The molecule has 0 spiro atoms. The van der Waals surface area contributed by atoms with Crippen LogP contribution < -0.4 is 10.6 Å². The van der Waals surface area contributed by atoms with Gasteiger partial charge in [0.1, 0.15) is 0 Å². The van der Waals surface area contributed by atoms with Crippen LogP contribution in [0.2, 0.25) is 0 Å². The number of nitrogens with two attached hydrogens (primary N) is 1. The molecule has 1 atom stereocenters. The number of nitrogens with zero attached hydrogens (tertiary/aromatic N) is 4. The number of carbonyl (C=O) groups excluding carboxylic acids is 1. The van der Waals surface area contributed by atoms with Crippen molar-refractivity contribution in [3.8, 4) is 0 Å². The Balaban J connectivity index is 1.64. The molecule has 1 amide bonds. The quantitative estimate of drug-likeness (QED) is 0.824. The normalized spacial score (nSPS) is 25.2. The summed E-state index contributed by atoms with van der Waals surface area (Å²) in [4.78, 5) is 13.0. The number of quaternary nitrogens is 1. The van der Waals surface area contributed by atoms with Crippen molar-refractivity contribution in [1.29, 1.82) is 0 Å². The van der Waals surface area contributed by atoms with E-state index in [1.54, 1.807) is 0 Å². The van der Waals surface area contributed by atoms with Gasteiger partial charge in [-0.2, -0.15) is 0 Å². The van der Waals surface area contributed by atoms with Gasteiger partial charge in [0.15, 0.2) is 6.04 Å². The topological polar surface area (TPSA) is 91.1 Å². The average Bonchev–Trinajstić information content (AvgIpc) is 3.19. The lowest BCUT2D eigenvalue weighted by atomic mass is 9.92. The van der Waals surface area contributed by atoms with Gasteiger partial charge in [0.2, 0.25) is 11.7 Å². The lowest BCUT2D eigenvalue weighted by molar-refractivity contribution is -0.931. The molecule has 1 aromatic carbocycles. The van der Waals surface area contributed by atoms with Crippen molar-refractivity contribution in [2.45, 2.75) is 57.0 Å². The molecule has 1 aromatic heterocycles. The highest BCUT2D eigenvalue weighted by Gasteiger charge is 2.37. The van der Waals surface area contributed by atoms with Crippen LogP contribution in [0.4, 0.5) is 0 Å². The molecule has 7 nitrogen and oxygen atoms in total. The van der Waals surface area contributed by atoms with Crippen molar-refractivity contribution in [1.82, 2.24) is 20.2 Å². The third kappa shape index (κ3) is 3.88. The number of hydrogen-bond acceptors (Lipinski definition) is 4. The molecule has 4 rings (SSSR count). The Morgan fingerprint density at radius 3 is 2.44 bits per heavy atom. The van der Waals surface area contributed by atoms with Crippen LogP contribution in [0.25, 0.3) is 0 Å². The van der Waals surface area contributed by atoms with Gasteiger partial charge in [-0.3, -0.25) is 4.79 Å². The van der Waals surface area contributed by atoms with E-state index in [2.05, 4.69) is 44.5 Å². The Bertz CT molecular complexity index is 747. The van der Waals surface area contributed by atoms with E-state index in [0.717, 1.165) is 44.6 Å². The van der Waals surface area contributed by atoms with Crippen molar-refractivity contribution in [2.75, 3.05) is 13.1 Å². The summed E-state index contributed by atoms with van der Waals surface area (Å²) < 4.78 is 2.09. The lowest BCUT2D eigenvalue weighted by Gasteiger charge is -2.34. The third-order valence-electron chi connectivity index (χ3n) is 6.27. The van der Waals surface area contributed by atoms with Crippen LogP contribution in [0.3, 0.4) is 0 Å². The van der Waals surface area contributed by atoms with Crippen molar-refractivity contribution in [3.05, 3.63) is 41.7 Å². The van der Waals surface area contributed by atoms with Crippen molar-refractivity contribution in [2.24, 2.45) is 11.7 Å². The van der Waals surface area contributed by atoms with E-state index in [4.69, 9.17) is 5.73 Å². The fraction of sp³-hybridized carbons (Fsp3) is 0.600. The maximum Gasteiger partial charge on any atom is 0.220 e. The van der Waals surface area contributed by atoms with E-state index < -0.39 is 0 Å². The fourth-order valence-corrected chi connectivity index (χ4v) is 4.75. The number of hydrogen-bond donors (Lipinski definition) is 2. The van der Waals surface area contributed by atoms with Crippen LogP contribution in [0, 0.1) is 5.92 Å². The minimum atomic E-state index is -0.169. The Kier molecular flexibility index (Phi) is 5.48. The lowest BCUT2D eigenvalue weighted by Crippen LogP contribution is -3.13. The highest BCUT2D eigenvalue weighted by Crippen LogP contribution is 2.30. The van der Waals surface area contributed by atoms with Gasteiger partial charge in [0.25, 0.3) is 0 Å².